The number of likely N-dealkylation sites (tertiary alicyclic amines) is 1. The molecule has 5 nitrogen and oxygen atoms in total. The minimum absolute atomic E-state index is 0.0391. The van der Waals surface area contributed by atoms with E-state index in [9.17, 15) is 4.79 Å². The van der Waals surface area contributed by atoms with Crippen LogP contribution in [0.1, 0.15) is 21.7 Å². The molecule has 1 saturated heterocycles. The van der Waals surface area contributed by atoms with Crippen LogP contribution in [0, 0.1) is 0 Å². The molecule has 1 aliphatic rings. The highest BCUT2D eigenvalue weighted by atomic mass is 32.1. The van der Waals surface area contributed by atoms with Crippen molar-refractivity contribution in [1.29, 1.82) is 0 Å². The Hall–Kier alpha value is -1.76. The first-order chi connectivity index (χ1) is 11.8. The summed E-state index contributed by atoms with van der Waals surface area (Å²) in [6.45, 7) is 1.84. The van der Waals surface area contributed by atoms with Crippen molar-refractivity contribution < 1.29 is 14.3 Å². The van der Waals surface area contributed by atoms with Crippen LogP contribution >= 0.6 is 11.3 Å². The van der Waals surface area contributed by atoms with Gasteiger partial charge in [0.05, 0.1) is 30.2 Å². The van der Waals surface area contributed by atoms with Crippen LogP contribution in [-0.2, 0) is 15.9 Å². The van der Waals surface area contributed by atoms with Gasteiger partial charge in [0.15, 0.2) is 0 Å². The molecule has 0 aliphatic carbocycles. The Morgan fingerprint density at radius 2 is 2.17 bits per heavy atom. The van der Waals surface area contributed by atoms with Gasteiger partial charge in [-0.15, -0.1) is 11.3 Å². The number of thiophene rings is 1. The van der Waals surface area contributed by atoms with E-state index in [2.05, 4.69) is 4.98 Å². The molecule has 2 aromatic rings. The summed E-state index contributed by atoms with van der Waals surface area (Å²) >= 11 is 1.49. The first kappa shape index (κ1) is 17.1. The second-order valence-electron chi connectivity index (χ2n) is 5.79. The second kappa shape index (κ2) is 8.37. The number of pyridine rings is 1. The van der Waals surface area contributed by atoms with Crippen molar-refractivity contribution in [2.24, 2.45) is 0 Å². The number of hydrogen-bond acceptors (Lipinski definition) is 5. The van der Waals surface area contributed by atoms with Crippen molar-refractivity contribution in [2.75, 3.05) is 26.9 Å². The Bertz CT molecular complexity index is 633. The minimum Gasteiger partial charge on any atom is -0.382 e. The van der Waals surface area contributed by atoms with Crippen molar-refractivity contribution in [1.82, 2.24) is 9.88 Å². The minimum atomic E-state index is 0.0391. The van der Waals surface area contributed by atoms with Crippen LogP contribution in [0.5, 0.6) is 0 Å². The number of hydrogen-bond donors (Lipinski definition) is 0. The lowest BCUT2D eigenvalue weighted by Gasteiger charge is -2.28. The van der Waals surface area contributed by atoms with Crippen LogP contribution in [0.25, 0.3) is 0 Å². The van der Waals surface area contributed by atoms with E-state index in [0.29, 0.717) is 13.2 Å². The van der Waals surface area contributed by atoms with E-state index in [1.54, 1.807) is 19.5 Å². The summed E-state index contributed by atoms with van der Waals surface area (Å²) in [5.41, 5.74) is 1.17. The SMILES string of the molecule is COCCO[C@@H]1CCN(C(=O)c2cccs2)[C@@H]1Cc1ccncc1. The molecular formula is C18H22N2O3S. The summed E-state index contributed by atoms with van der Waals surface area (Å²) < 4.78 is 11.1. The van der Waals surface area contributed by atoms with Crippen LogP contribution in [-0.4, -0.2) is 54.8 Å². The summed E-state index contributed by atoms with van der Waals surface area (Å²) in [7, 11) is 1.67. The molecule has 3 rings (SSSR count). The molecule has 1 amide bonds. The van der Waals surface area contributed by atoms with Crippen LogP contribution in [0.3, 0.4) is 0 Å². The van der Waals surface area contributed by atoms with Crippen molar-refractivity contribution in [3.8, 4) is 0 Å². The molecule has 128 valence electrons. The van der Waals surface area contributed by atoms with E-state index in [0.717, 1.165) is 24.3 Å². The van der Waals surface area contributed by atoms with E-state index < -0.39 is 0 Å². The van der Waals surface area contributed by atoms with E-state index in [4.69, 9.17) is 9.47 Å². The topological polar surface area (TPSA) is 51.7 Å². The first-order valence-corrected chi connectivity index (χ1v) is 9.01. The van der Waals surface area contributed by atoms with Gasteiger partial charge >= 0.3 is 0 Å². The molecule has 1 fully saturated rings. The average molecular weight is 346 g/mol. The van der Waals surface area contributed by atoms with Gasteiger partial charge in [-0.2, -0.15) is 0 Å². The average Bonchev–Trinajstić information content (AvgIpc) is 3.26. The molecule has 0 unspecified atom stereocenters. The molecule has 0 bridgehead atoms. The number of carbonyl (C=O) groups is 1. The van der Waals surface area contributed by atoms with E-state index in [1.165, 1.54) is 16.9 Å². The standard InChI is InChI=1S/C18H22N2O3S/c1-22-10-11-23-16-6-9-20(18(21)17-3-2-12-24-17)15(16)13-14-4-7-19-8-5-14/h2-5,7-8,12,15-16H,6,9-11,13H2,1H3/t15-,16-/m1/s1. The maximum atomic E-state index is 12.8. The third-order valence-electron chi connectivity index (χ3n) is 4.29. The second-order valence-corrected chi connectivity index (χ2v) is 6.74. The highest BCUT2D eigenvalue weighted by Gasteiger charge is 2.38. The molecule has 0 aromatic carbocycles. The zero-order chi connectivity index (χ0) is 16.8. The quantitative estimate of drug-likeness (QED) is 0.723. The zero-order valence-corrected chi connectivity index (χ0v) is 14.6. The highest BCUT2D eigenvalue weighted by Crippen LogP contribution is 2.27. The Labute approximate surface area is 146 Å². The number of aromatic nitrogens is 1. The molecule has 6 heteroatoms. The third kappa shape index (κ3) is 4.01. The van der Waals surface area contributed by atoms with Gasteiger partial charge in [-0.05, 0) is 42.0 Å². The lowest BCUT2D eigenvalue weighted by molar-refractivity contribution is 0.000557. The largest absolute Gasteiger partial charge is 0.382 e. The molecule has 2 atom stereocenters. The van der Waals surface area contributed by atoms with Crippen molar-refractivity contribution in [3.05, 3.63) is 52.5 Å². The van der Waals surface area contributed by atoms with Gasteiger partial charge in [0.2, 0.25) is 0 Å². The molecule has 1 aliphatic heterocycles. The Balaban J connectivity index is 1.75. The van der Waals surface area contributed by atoms with Crippen LogP contribution in [0.2, 0.25) is 0 Å². The summed E-state index contributed by atoms with van der Waals surface area (Å²) in [5.74, 6) is 0.0990. The zero-order valence-electron chi connectivity index (χ0n) is 13.8. The van der Waals surface area contributed by atoms with E-state index >= 15 is 0 Å². The van der Waals surface area contributed by atoms with Gasteiger partial charge in [0.1, 0.15) is 0 Å². The van der Waals surface area contributed by atoms with Gasteiger partial charge in [-0.1, -0.05) is 6.07 Å². The summed E-state index contributed by atoms with van der Waals surface area (Å²) in [6.07, 6.45) is 5.25. The Kier molecular flexibility index (Phi) is 5.96. The van der Waals surface area contributed by atoms with Gasteiger partial charge in [-0.3, -0.25) is 9.78 Å². The molecule has 0 radical (unpaired) electrons. The summed E-state index contributed by atoms with van der Waals surface area (Å²) in [6, 6.07) is 7.84. The molecule has 2 aromatic heterocycles. The smallest absolute Gasteiger partial charge is 0.264 e. The number of methoxy groups -OCH3 is 1. The predicted molar refractivity (Wildman–Crippen MR) is 93.3 cm³/mol. The van der Waals surface area contributed by atoms with Gasteiger partial charge < -0.3 is 14.4 Å². The van der Waals surface area contributed by atoms with Gasteiger partial charge in [0.25, 0.3) is 5.91 Å². The van der Waals surface area contributed by atoms with Crippen LogP contribution in [0.15, 0.2) is 42.0 Å². The van der Waals surface area contributed by atoms with Crippen molar-refractivity contribution in [2.45, 2.75) is 25.0 Å². The van der Waals surface area contributed by atoms with E-state index in [-0.39, 0.29) is 18.1 Å². The van der Waals surface area contributed by atoms with Gasteiger partial charge in [-0.25, -0.2) is 0 Å². The number of carbonyl (C=O) groups excluding carboxylic acids is 1. The Morgan fingerprint density at radius 3 is 2.88 bits per heavy atom. The monoisotopic (exact) mass is 346 g/mol. The number of rotatable bonds is 7. The van der Waals surface area contributed by atoms with E-state index in [1.807, 2.05) is 34.5 Å². The number of ether oxygens (including phenoxy) is 2. The molecular weight excluding hydrogens is 324 g/mol. The fourth-order valence-corrected chi connectivity index (χ4v) is 3.78. The summed E-state index contributed by atoms with van der Waals surface area (Å²) in [5, 5.41) is 1.94. The molecule has 24 heavy (non-hydrogen) atoms. The molecule has 0 N–H and O–H groups in total. The lowest BCUT2D eigenvalue weighted by atomic mass is 10.0. The maximum Gasteiger partial charge on any atom is 0.264 e. The van der Waals surface area contributed by atoms with Crippen LogP contribution in [0.4, 0.5) is 0 Å². The fraction of sp³-hybridized carbons (Fsp3) is 0.444. The van der Waals surface area contributed by atoms with Crippen molar-refractivity contribution >= 4 is 17.2 Å². The maximum absolute atomic E-state index is 12.8. The highest BCUT2D eigenvalue weighted by molar-refractivity contribution is 7.12. The number of amides is 1. The normalized spacial score (nSPS) is 20.5. The van der Waals surface area contributed by atoms with Crippen LogP contribution < -0.4 is 0 Å². The van der Waals surface area contributed by atoms with Gasteiger partial charge in [0, 0.05) is 26.0 Å². The Morgan fingerprint density at radius 1 is 1.33 bits per heavy atom. The lowest BCUT2D eigenvalue weighted by Crippen LogP contribution is -2.42. The molecule has 3 heterocycles. The molecule has 0 saturated carbocycles. The molecule has 0 spiro atoms. The summed E-state index contributed by atoms with van der Waals surface area (Å²) in [4.78, 5) is 19.6. The third-order valence-corrected chi connectivity index (χ3v) is 5.15. The first-order valence-electron chi connectivity index (χ1n) is 8.13. The fourth-order valence-electron chi connectivity index (χ4n) is 3.10. The van der Waals surface area contributed by atoms with Crippen molar-refractivity contribution in [3.63, 3.8) is 0 Å². The predicted octanol–water partition coefficient (Wildman–Crippen LogP) is 2.63. The number of nitrogens with zero attached hydrogens (tertiary/aromatic N) is 2.